The van der Waals surface area contributed by atoms with Gasteiger partial charge in [-0.05, 0) is 62.9 Å². The quantitative estimate of drug-likeness (QED) is 0.378. The first-order valence-corrected chi connectivity index (χ1v) is 11.1. The Balaban J connectivity index is 1.34. The molecule has 1 aliphatic rings. The Bertz CT molecular complexity index is 1270. The van der Waals surface area contributed by atoms with Gasteiger partial charge in [0.15, 0.2) is 5.13 Å². The summed E-state index contributed by atoms with van der Waals surface area (Å²) >= 11 is 1.50. The van der Waals surface area contributed by atoms with Crippen molar-refractivity contribution >= 4 is 38.3 Å². The molecule has 0 aliphatic heterocycles. The molecule has 0 spiro atoms. The third-order valence-corrected chi connectivity index (χ3v) is 6.44. The molecule has 1 fully saturated rings. The van der Waals surface area contributed by atoms with Crippen molar-refractivity contribution in [2.24, 2.45) is 0 Å². The molecular weight excluding hydrogens is 414 g/mol. The molecule has 3 heterocycles. The van der Waals surface area contributed by atoms with Crippen molar-refractivity contribution < 1.29 is 5.11 Å². The molecule has 31 heavy (non-hydrogen) atoms. The molecule has 1 aromatic carbocycles. The second-order valence-electron chi connectivity index (χ2n) is 7.77. The second kappa shape index (κ2) is 8.12. The van der Waals surface area contributed by atoms with Crippen molar-refractivity contribution in [3.63, 3.8) is 0 Å². The van der Waals surface area contributed by atoms with Gasteiger partial charge in [0.1, 0.15) is 17.5 Å². The monoisotopic (exact) mass is 437 g/mol. The maximum atomic E-state index is 12.0. The normalized spacial score (nSPS) is 18.9. The first kappa shape index (κ1) is 19.7. The maximum Gasteiger partial charge on any atom is 0.347 e. The molecule has 0 unspecified atom stereocenters. The van der Waals surface area contributed by atoms with Gasteiger partial charge in [0.05, 0.1) is 22.0 Å². The number of nitrogens with one attached hydrogen (secondary N) is 3. The fourth-order valence-corrected chi connectivity index (χ4v) is 4.82. The fourth-order valence-electron chi connectivity index (χ4n) is 3.91. The molecular formula is C21H23N7O2S. The summed E-state index contributed by atoms with van der Waals surface area (Å²) in [7, 11) is 0. The van der Waals surface area contributed by atoms with E-state index in [9.17, 15) is 9.90 Å². The Morgan fingerprint density at radius 2 is 1.94 bits per heavy atom. The summed E-state index contributed by atoms with van der Waals surface area (Å²) in [4.78, 5) is 21.3. The number of hydrogen-bond donors (Lipinski definition) is 4. The third-order valence-electron chi connectivity index (χ3n) is 5.50. The average Bonchev–Trinajstić information content (AvgIpc) is 3.31. The summed E-state index contributed by atoms with van der Waals surface area (Å²) in [6.45, 7) is 1.78. The molecule has 3 aromatic heterocycles. The topological polar surface area (TPSA) is 121 Å². The molecule has 9 nitrogen and oxygen atoms in total. The van der Waals surface area contributed by atoms with Gasteiger partial charge < -0.3 is 15.7 Å². The second-order valence-corrected chi connectivity index (χ2v) is 8.80. The maximum absolute atomic E-state index is 12.0. The number of benzene rings is 1. The molecule has 0 saturated heterocycles. The average molecular weight is 438 g/mol. The summed E-state index contributed by atoms with van der Waals surface area (Å²) in [5, 5.41) is 23.6. The van der Waals surface area contributed by atoms with Crippen molar-refractivity contribution in [3.05, 3.63) is 52.7 Å². The van der Waals surface area contributed by atoms with Gasteiger partial charge in [0.2, 0.25) is 0 Å². The zero-order valence-corrected chi connectivity index (χ0v) is 17.8. The van der Waals surface area contributed by atoms with E-state index in [0.29, 0.717) is 17.7 Å². The Morgan fingerprint density at radius 3 is 2.71 bits per heavy atom. The Morgan fingerprint density at radius 1 is 1.13 bits per heavy atom. The van der Waals surface area contributed by atoms with Crippen molar-refractivity contribution in [1.82, 2.24) is 24.7 Å². The van der Waals surface area contributed by atoms with Crippen LogP contribution in [0.2, 0.25) is 0 Å². The highest BCUT2D eigenvalue weighted by atomic mass is 32.1. The van der Waals surface area contributed by atoms with Crippen molar-refractivity contribution in [1.29, 1.82) is 0 Å². The number of hydrogen-bond acceptors (Lipinski definition) is 8. The van der Waals surface area contributed by atoms with Crippen LogP contribution in [0.15, 0.2) is 41.2 Å². The molecule has 0 bridgehead atoms. The lowest BCUT2D eigenvalue weighted by Gasteiger charge is -2.26. The summed E-state index contributed by atoms with van der Waals surface area (Å²) in [5.41, 5.74) is 1.34. The molecule has 10 heteroatoms. The van der Waals surface area contributed by atoms with Gasteiger partial charge in [-0.15, -0.1) is 0 Å². The Kier molecular flexibility index (Phi) is 5.16. The van der Waals surface area contributed by atoms with Crippen LogP contribution in [-0.4, -0.2) is 42.0 Å². The number of H-pyrrole nitrogens is 1. The summed E-state index contributed by atoms with van der Waals surface area (Å²) in [5.74, 6) is 2.12. The van der Waals surface area contributed by atoms with Crippen LogP contribution in [0.5, 0.6) is 0 Å². The van der Waals surface area contributed by atoms with E-state index < -0.39 is 0 Å². The number of rotatable bonds is 5. The van der Waals surface area contributed by atoms with Crippen LogP contribution in [0, 0.1) is 6.92 Å². The minimum atomic E-state index is -0.263. The number of aromatic amines is 1. The molecule has 1 saturated carbocycles. The molecule has 5 rings (SSSR count). The Labute approximate surface area is 182 Å². The molecule has 0 amide bonds. The number of fused-ring (bicyclic) bond motifs is 1. The molecule has 0 radical (unpaired) electrons. The lowest BCUT2D eigenvalue weighted by Crippen LogP contribution is -2.28. The van der Waals surface area contributed by atoms with E-state index >= 15 is 0 Å². The molecule has 4 aromatic rings. The van der Waals surface area contributed by atoms with E-state index in [1.165, 1.54) is 15.9 Å². The number of aryl methyl sites for hydroxylation is 1. The fraction of sp³-hybridized carbons (Fsp3) is 0.333. The highest BCUT2D eigenvalue weighted by Crippen LogP contribution is 2.30. The van der Waals surface area contributed by atoms with E-state index in [1.54, 1.807) is 6.92 Å². The van der Waals surface area contributed by atoms with Crippen LogP contribution in [0.1, 0.15) is 31.5 Å². The summed E-state index contributed by atoms with van der Waals surface area (Å²) in [6, 6.07) is 11.8. The van der Waals surface area contributed by atoms with Crippen LogP contribution >= 0.6 is 11.3 Å². The third kappa shape index (κ3) is 4.17. The standard InChI is InChI=1S/C21H23N7O2S/c1-12-26-27-21(30)28(12)14-7-10-16-17(11-14)31-20(23-16)25-19-4-2-3-18(24-19)22-13-5-8-15(29)9-6-13/h2-4,7,10-11,13,15,29H,5-6,8-9H2,1H3,(H,27,30)(H2,22,23,24,25). The summed E-state index contributed by atoms with van der Waals surface area (Å²) < 4.78 is 2.50. The number of aliphatic hydroxyl groups is 1. The van der Waals surface area contributed by atoms with E-state index in [-0.39, 0.29) is 11.8 Å². The zero-order valence-electron chi connectivity index (χ0n) is 17.0. The number of nitrogens with zero attached hydrogens (tertiary/aromatic N) is 4. The smallest absolute Gasteiger partial charge is 0.347 e. The number of anilines is 3. The highest BCUT2D eigenvalue weighted by Gasteiger charge is 2.19. The van der Waals surface area contributed by atoms with Crippen molar-refractivity contribution in [3.8, 4) is 5.69 Å². The zero-order chi connectivity index (χ0) is 21.4. The van der Waals surface area contributed by atoms with Crippen LogP contribution in [0.3, 0.4) is 0 Å². The lowest BCUT2D eigenvalue weighted by molar-refractivity contribution is 0.126. The van der Waals surface area contributed by atoms with E-state index in [0.717, 1.165) is 52.5 Å². The first-order chi connectivity index (χ1) is 15.0. The van der Waals surface area contributed by atoms with E-state index in [1.807, 2.05) is 36.4 Å². The number of pyridine rings is 1. The minimum Gasteiger partial charge on any atom is -0.393 e. The largest absolute Gasteiger partial charge is 0.393 e. The molecule has 4 N–H and O–H groups in total. The molecule has 160 valence electrons. The predicted molar refractivity (Wildman–Crippen MR) is 122 cm³/mol. The minimum absolute atomic E-state index is 0.172. The predicted octanol–water partition coefficient (Wildman–Crippen LogP) is 3.33. The van der Waals surface area contributed by atoms with Gasteiger partial charge in [-0.3, -0.25) is 0 Å². The van der Waals surface area contributed by atoms with Gasteiger partial charge in [-0.25, -0.2) is 24.4 Å². The number of aliphatic hydroxyl groups excluding tert-OH is 1. The van der Waals surface area contributed by atoms with Crippen LogP contribution in [-0.2, 0) is 0 Å². The van der Waals surface area contributed by atoms with Gasteiger partial charge in [-0.1, -0.05) is 17.4 Å². The molecule has 0 atom stereocenters. The molecule has 1 aliphatic carbocycles. The Hall–Kier alpha value is -3.24. The van der Waals surface area contributed by atoms with Crippen molar-refractivity contribution in [2.45, 2.75) is 44.8 Å². The van der Waals surface area contributed by atoms with Crippen molar-refractivity contribution in [2.75, 3.05) is 10.6 Å². The highest BCUT2D eigenvalue weighted by molar-refractivity contribution is 7.22. The number of aromatic nitrogens is 5. The number of thiazole rings is 1. The summed E-state index contributed by atoms with van der Waals surface area (Å²) in [6.07, 6.45) is 3.37. The van der Waals surface area contributed by atoms with Gasteiger partial charge in [0.25, 0.3) is 0 Å². The van der Waals surface area contributed by atoms with E-state index in [2.05, 4.69) is 30.8 Å². The van der Waals surface area contributed by atoms with Gasteiger partial charge >= 0.3 is 5.69 Å². The van der Waals surface area contributed by atoms with Gasteiger partial charge in [0, 0.05) is 6.04 Å². The first-order valence-electron chi connectivity index (χ1n) is 10.3. The SMILES string of the molecule is Cc1n[nH]c(=O)n1-c1ccc2nc(Nc3cccc(NC4CCC(O)CC4)n3)sc2c1. The van der Waals surface area contributed by atoms with Crippen LogP contribution < -0.4 is 16.3 Å². The van der Waals surface area contributed by atoms with Crippen LogP contribution in [0.4, 0.5) is 16.8 Å². The van der Waals surface area contributed by atoms with Gasteiger partial charge in [-0.2, -0.15) is 5.10 Å². The van der Waals surface area contributed by atoms with E-state index in [4.69, 9.17) is 0 Å². The lowest BCUT2D eigenvalue weighted by atomic mass is 9.93. The van der Waals surface area contributed by atoms with Crippen LogP contribution in [0.25, 0.3) is 15.9 Å².